The quantitative estimate of drug-likeness (QED) is 0.589. The molecule has 150 valence electrons. The van der Waals surface area contributed by atoms with Gasteiger partial charge in [0.05, 0.1) is 5.39 Å². The van der Waals surface area contributed by atoms with E-state index in [0.29, 0.717) is 16.6 Å². The number of esters is 1. The molecule has 0 saturated heterocycles. The Balaban J connectivity index is 1.61. The van der Waals surface area contributed by atoms with Gasteiger partial charge in [-0.15, -0.1) is 0 Å². The third-order valence-electron chi connectivity index (χ3n) is 4.60. The Bertz CT molecular complexity index is 1100. The zero-order valence-electron chi connectivity index (χ0n) is 16.0. The highest BCUT2D eigenvalue weighted by atomic mass is 35.5. The van der Waals surface area contributed by atoms with E-state index in [0.717, 1.165) is 12.5 Å². The van der Waals surface area contributed by atoms with E-state index in [9.17, 15) is 14.4 Å². The van der Waals surface area contributed by atoms with E-state index in [-0.39, 0.29) is 16.7 Å². The van der Waals surface area contributed by atoms with Gasteiger partial charge in [0.2, 0.25) is 5.76 Å². The molecule has 0 bridgehead atoms. The number of carbonyl (C=O) groups excluding carboxylic acids is 2. The smallest absolute Gasteiger partial charge is 0.374 e. The molecule has 2 aromatic carbocycles. The van der Waals surface area contributed by atoms with E-state index in [1.165, 1.54) is 17.7 Å². The molecule has 6 nitrogen and oxygen atoms in total. The first-order chi connectivity index (χ1) is 13.9. The van der Waals surface area contributed by atoms with Gasteiger partial charge in [0.25, 0.3) is 5.91 Å². The molecule has 3 rings (SSSR count). The van der Waals surface area contributed by atoms with E-state index < -0.39 is 23.9 Å². The first kappa shape index (κ1) is 20.6. The minimum absolute atomic E-state index is 0.208. The van der Waals surface area contributed by atoms with Crippen molar-refractivity contribution >= 4 is 40.1 Å². The van der Waals surface area contributed by atoms with E-state index in [2.05, 4.69) is 19.2 Å². The van der Waals surface area contributed by atoms with Gasteiger partial charge in [-0.25, -0.2) is 4.79 Å². The number of nitrogens with one attached hydrogen (secondary N) is 1. The predicted molar refractivity (Wildman–Crippen MR) is 112 cm³/mol. The van der Waals surface area contributed by atoms with Crippen LogP contribution < -0.4 is 10.7 Å². The van der Waals surface area contributed by atoms with Crippen LogP contribution in [0.25, 0.3) is 11.0 Å². The van der Waals surface area contributed by atoms with Crippen LogP contribution in [0.5, 0.6) is 0 Å². The van der Waals surface area contributed by atoms with Gasteiger partial charge in [-0.05, 0) is 48.2 Å². The summed E-state index contributed by atoms with van der Waals surface area (Å²) >= 11 is 5.86. The van der Waals surface area contributed by atoms with Crippen LogP contribution in [-0.2, 0) is 9.53 Å². The van der Waals surface area contributed by atoms with Crippen LogP contribution in [0, 0.1) is 0 Å². The topological polar surface area (TPSA) is 85.6 Å². The largest absolute Gasteiger partial charge is 0.450 e. The Morgan fingerprint density at radius 2 is 1.86 bits per heavy atom. The van der Waals surface area contributed by atoms with Crippen LogP contribution in [0.2, 0.25) is 5.02 Å². The summed E-state index contributed by atoms with van der Waals surface area (Å²) in [5.41, 5.74) is 1.57. The molecule has 0 spiro atoms. The maximum Gasteiger partial charge on any atom is 0.374 e. The van der Waals surface area contributed by atoms with Crippen LogP contribution in [0.4, 0.5) is 5.69 Å². The van der Waals surface area contributed by atoms with Crippen LogP contribution in [0.15, 0.2) is 57.7 Å². The highest BCUT2D eigenvalue weighted by Gasteiger charge is 2.16. The lowest BCUT2D eigenvalue weighted by atomic mass is 9.99. The van der Waals surface area contributed by atoms with Crippen molar-refractivity contribution in [3.63, 3.8) is 0 Å². The number of fused-ring (bicyclic) bond motifs is 1. The van der Waals surface area contributed by atoms with E-state index in [1.54, 1.807) is 18.2 Å². The van der Waals surface area contributed by atoms with Crippen molar-refractivity contribution in [2.24, 2.45) is 0 Å². The van der Waals surface area contributed by atoms with Crippen molar-refractivity contribution in [1.82, 2.24) is 0 Å². The van der Waals surface area contributed by atoms with E-state index >= 15 is 0 Å². The lowest BCUT2D eigenvalue weighted by Crippen LogP contribution is -2.21. The molecule has 1 atom stereocenters. The first-order valence-corrected chi connectivity index (χ1v) is 9.55. The zero-order chi connectivity index (χ0) is 21.0. The molecule has 3 aromatic rings. The Labute approximate surface area is 172 Å². The summed E-state index contributed by atoms with van der Waals surface area (Å²) in [7, 11) is 0. The molecule has 0 radical (unpaired) electrons. The molecule has 0 aliphatic heterocycles. The van der Waals surface area contributed by atoms with Crippen LogP contribution >= 0.6 is 11.6 Å². The third-order valence-corrected chi connectivity index (χ3v) is 4.84. The number of anilines is 1. The lowest BCUT2D eigenvalue weighted by Gasteiger charge is -2.10. The number of hydrogen-bond donors (Lipinski definition) is 1. The summed E-state index contributed by atoms with van der Waals surface area (Å²) in [5, 5.41) is 3.30. The number of rotatable bonds is 6. The fourth-order valence-electron chi connectivity index (χ4n) is 2.76. The number of carbonyl (C=O) groups is 2. The summed E-state index contributed by atoms with van der Waals surface area (Å²) in [6.07, 6.45) is 1.03. The lowest BCUT2D eigenvalue weighted by molar-refractivity contribution is -0.119. The molecule has 0 aliphatic carbocycles. The van der Waals surface area contributed by atoms with Crippen molar-refractivity contribution in [3.05, 3.63) is 75.1 Å². The number of ether oxygens (including phenoxy) is 1. The minimum atomic E-state index is -0.902. The maximum absolute atomic E-state index is 12.2. The normalized spacial score (nSPS) is 11.8. The third kappa shape index (κ3) is 5.03. The van der Waals surface area contributed by atoms with Gasteiger partial charge in [0, 0.05) is 16.8 Å². The second kappa shape index (κ2) is 8.92. The Morgan fingerprint density at radius 1 is 1.14 bits per heavy atom. The van der Waals surface area contributed by atoms with Crippen molar-refractivity contribution in [2.45, 2.75) is 26.2 Å². The van der Waals surface area contributed by atoms with Crippen LogP contribution in [0.1, 0.15) is 42.3 Å². The van der Waals surface area contributed by atoms with Gasteiger partial charge in [-0.2, -0.15) is 0 Å². The van der Waals surface area contributed by atoms with Gasteiger partial charge in [-0.3, -0.25) is 9.59 Å². The number of benzene rings is 2. The highest BCUT2D eigenvalue weighted by Crippen LogP contribution is 2.21. The molecule has 1 aromatic heterocycles. The Hall–Kier alpha value is -3.12. The second-order valence-electron chi connectivity index (χ2n) is 6.67. The second-order valence-corrected chi connectivity index (χ2v) is 7.11. The average Bonchev–Trinajstić information content (AvgIpc) is 2.72. The van der Waals surface area contributed by atoms with Crippen molar-refractivity contribution in [1.29, 1.82) is 0 Å². The molecule has 0 aliphatic rings. The van der Waals surface area contributed by atoms with Gasteiger partial charge in [0.15, 0.2) is 12.0 Å². The van der Waals surface area contributed by atoms with E-state index in [1.807, 2.05) is 12.1 Å². The molecule has 29 heavy (non-hydrogen) atoms. The fraction of sp³-hybridized carbons (Fsp3) is 0.227. The molecule has 1 N–H and O–H groups in total. The van der Waals surface area contributed by atoms with Crippen molar-refractivity contribution in [2.75, 3.05) is 11.9 Å². The molecular weight excluding hydrogens is 394 g/mol. The molecule has 1 heterocycles. The maximum atomic E-state index is 12.2. The van der Waals surface area contributed by atoms with E-state index in [4.69, 9.17) is 20.8 Å². The zero-order valence-corrected chi connectivity index (χ0v) is 16.8. The number of halogens is 1. The van der Waals surface area contributed by atoms with Crippen molar-refractivity contribution < 1.29 is 18.7 Å². The monoisotopic (exact) mass is 413 g/mol. The van der Waals surface area contributed by atoms with Gasteiger partial charge in [-0.1, -0.05) is 37.6 Å². The van der Waals surface area contributed by atoms with Gasteiger partial charge in [0.1, 0.15) is 5.58 Å². The first-order valence-electron chi connectivity index (χ1n) is 9.17. The minimum Gasteiger partial charge on any atom is -0.450 e. The molecule has 0 fully saturated rings. The molecule has 0 unspecified atom stereocenters. The van der Waals surface area contributed by atoms with Crippen LogP contribution in [0.3, 0.4) is 0 Å². The molecule has 7 heteroatoms. The Morgan fingerprint density at radius 3 is 2.55 bits per heavy atom. The number of amides is 1. The molecular formula is C22H20ClNO5. The average molecular weight is 414 g/mol. The summed E-state index contributed by atoms with van der Waals surface area (Å²) in [5.74, 6) is -1.24. The van der Waals surface area contributed by atoms with Gasteiger partial charge < -0.3 is 14.5 Å². The predicted octanol–water partition coefficient (Wildman–Crippen LogP) is 4.76. The highest BCUT2D eigenvalue weighted by molar-refractivity contribution is 6.31. The number of hydrogen-bond acceptors (Lipinski definition) is 5. The van der Waals surface area contributed by atoms with Crippen molar-refractivity contribution in [3.8, 4) is 0 Å². The Kier molecular flexibility index (Phi) is 6.34. The molecule has 0 saturated carbocycles. The van der Waals surface area contributed by atoms with Crippen LogP contribution in [-0.4, -0.2) is 18.5 Å². The summed E-state index contributed by atoms with van der Waals surface area (Å²) < 4.78 is 10.4. The summed E-state index contributed by atoms with van der Waals surface area (Å²) in [6.45, 7) is 3.74. The molecule has 1 amide bonds. The van der Waals surface area contributed by atoms with Gasteiger partial charge >= 0.3 is 5.97 Å². The summed E-state index contributed by atoms with van der Waals surface area (Å²) in [4.78, 5) is 36.3. The summed E-state index contributed by atoms with van der Waals surface area (Å²) in [6, 6.07) is 13.0. The SMILES string of the molecule is CC[C@H](C)c1ccc(NC(=O)COC(=O)c2cc(=O)c3cc(Cl)ccc3o2)cc1. The standard InChI is InChI=1S/C22H20ClNO5/c1-3-13(2)14-4-7-16(8-5-14)24-21(26)12-28-22(27)20-11-18(25)17-10-15(23)6-9-19(17)29-20/h4-11,13H,3,12H2,1-2H3,(H,24,26)/t13-/m0/s1. The fourth-order valence-corrected chi connectivity index (χ4v) is 2.93.